The predicted octanol–water partition coefficient (Wildman–Crippen LogP) is 1.77. The zero-order chi connectivity index (χ0) is 10.4. The number of aromatic nitrogens is 2. The fourth-order valence-corrected chi connectivity index (χ4v) is 1.51. The van der Waals surface area contributed by atoms with Crippen LogP contribution in [0, 0.1) is 0 Å². The molecule has 0 saturated heterocycles. The van der Waals surface area contributed by atoms with Gasteiger partial charge in [-0.05, 0) is 32.5 Å². The number of likely N-dealkylation sites (N-methyl/N-ethyl adjacent to an activating group) is 1. The molecule has 0 aliphatic rings. The van der Waals surface area contributed by atoms with Gasteiger partial charge in [0, 0.05) is 18.1 Å². The van der Waals surface area contributed by atoms with Gasteiger partial charge in [0.05, 0.1) is 12.7 Å². The molecule has 1 rings (SSSR count). The highest BCUT2D eigenvalue weighted by molar-refractivity contribution is 9.09. The van der Waals surface area contributed by atoms with Crippen LogP contribution in [-0.2, 0) is 13.0 Å². The number of hydrogen-bond donors (Lipinski definition) is 0. The van der Waals surface area contributed by atoms with Crippen LogP contribution in [-0.4, -0.2) is 40.7 Å². The largest absolute Gasteiger partial charge is 0.308 e. The molecule has 0 atom stereocenters. The Morgan fingerprint density at radius 3 is 2.93 bits per heavy atom. The molecule has 3 nitrogen and oxygen atoms in total. The number of nitrogens with zero attached hydrogens (tertiary/aromatic N) is 3. The van der Waals surface area contributed by atoms with Crippen molar-refractivity contribution in [2.45, 2.75) is 19.4 Å². The van der Waals surface area contributed by atoms with Crippen LogP contribution in [0.4, 0.5) is 0 Å². The van der Waals surface area contributed by atoms with Crippen molar-refractivity contribution < 1.29 is 0 Å². The van der Waals surface area contributed by atoms with E-state index in [1.165, 1.54) is 12.0 Å². The van der Waals surface area contributed by atoms with Crippen LogP contribution in [0.1, 0.15) is 12.0 Å². The summed E-state index contributed by atoms with van der Waals surface area (Å²) in [4.78, 5) is 2.17. The number of rotatable bonds is 6. The average molecular weight is 260 g/mol. The second-order valence-corrected chi connectivity index (χ2v) is 4.50. The molecule has 1 aromatic heterocycles. The molecule has 0 unspecified atom stereocenters. The minimum absolute atomic E-state index is 0.974. The van der Waals surface area contributed by atoms with Crippen LogP contribution in [0.5, 0.6) is 0 Å². The summed E-state index contributed by atoms with van der Waals surface area (Å²) in [6.45, 7) is 2.01. The van der Waals surface area contributed by atoms with Gasteiger partial charge in [-0.2, -0.15) is 5.10 Å². The second-order valence-electron chi connectivity index (χ2n) is 3.71. The summed E-state index contributed by atoms with van der Waals surface area (Å²) in [7, 11) is 4.16. The van der Waals surface area contributed by atoms with E-state index in [2.05, 4.69) is 46.2 Å². The molecule has 0 aliphatic heterocycles. The van der Waals surface area contributed by atoms with E-state index in [1.807, 2.05) is 10.9 Å². The Labute approximate surface area is 94.2 Å². The summed E-state index contributed by atoms with van der Waals surface area (Å²) in [5.74, 6) is 0. The molecular weight excluding hydrogens is 242 g/mol. The third-order valence-electron chi connectivity index (χ3n) is 2.06. The minimum Gasteiger partial charge on any atom is -0.308 e. The maximum atomic E-state index is 4.32. The van der Waals surface area contributed by atoms with E-state index >= 15 is 0 Å². The molecule has 0 radical (unpaired) electrons. The summed E-state index contributed by atoms with van der Waals surface area (Å²) >= 11 is 3.43. The van der Waals surface area contributed by atoms with Gasteiger partial charge in [-0.15, -0.1) is 0 Å². The maximum Gasteiger partial charge on any atom is 0.0536 e. The Balaban J connectivity index is 2.35. The summed E-state index contributed by atoms with van der Waals surface area (Å²) in [5.41, 5.74) is 1.34. The summed E-state index contributed by atoms with van der Waals surface area (Å²) in [6, 6.07) is 0. The molecule has 0 N–H and O–H groups in total. The summed E-state index contributed by atoms with van der Waals surface area (Å²) in [5, 5.41) is 5.38. The van der Waals surface area contributed by atoms with Crippen molar-refractivity contribution in [3.05, 3.63) is 18.0 Å². The standard InChI is InChI=1S/C10H18BrN3/c1-13(2)6-7-14-9-10(8-12-14)4-3-5-11/h8-9H,3-7H2,1-2H3. The molecule has 0 spiro atoms. The van der Waals surface area contributed by atoms with Crippen LogP contribution in [0.15, 0.2) is 12.4 Å². The zero-order valence-electron chi connectivity index (χ0n) is 8.91. The first-order valence-electron chi connectivity index (χ1n) is 4.94. The predicted molar refractivity (Wildman–Crippen MR) is 62.9 cm³/mol. The normalized spacial score (nSPS) is 11.1. The number of alkyl halides is 1. The van der Waals surface area contributed by atoms with Crippen molar-refractivity contribution >= 4 is 15.9 Å². The minimum atomic E-state index is 0.974. The first-order chi connectivity index (χ1) is 6.72. The van der Waals surface area contributed by atoms with Crippen molar-refractivity contribution in [2.24, 2.45) is 0 Å². The van der Waals surface area contributed by atoms with Crippen molar-refractivity contribution in [2.75, 3.05) is 26.0 Å². The van der Waals surface area contributed by atoms with E-state index in [4.69, 9.17) is 0 Å². The average Bonchev–Trinajstić information content (AvgIpc) is 2.59. The highest BCUT2D eigenvalue weighted by Crippen LogP contribution is 2.03. The Morgan fingerprint density at radius 1 is 1.50 bits per heavy atom. The molecule has 1 aromatic rings. The molecule has 1 heterocycles. The molecule has 0 fully saturated rings. The van der Waals surface area contributed by atoms with Gasteiger partial charge in [0.1, 0.15) is 0 Å². The quantitative estimate of drug-likeness (QED) is 0.727. The topological polar surface area (TPSA) is 21.1 Å². The lowest BCUT2D eigenvalue weighted by molar-refractivity contribution is 0.373. The van der Waals surface area contributed by atoms with E-state index in [-0.39, 0.29) is 0 Å². The SMILES string of the molecule is CN(C)CCn1cc(CCCBr)cn1. The molecule has 0 aromatic carbocycles. The number of hydrogen-bond acceptors (Lipinski definition) is 2. The first-order valence-corrected chi connectivity index (χ1v) is 6.06. The van der Waals surface area contributed by atoms with Crippen LogP contribution in [0.2, 0.25) is 0 Å². The summed E-state index contributed by atoms with van der Waals surface area (Å²) < 4.78 is 2.02. The number of halogens is 1. The van der Waals surface area contributed by atoms with Gasteiger partial charge < -0.3 is 4.90 Å². The first kappa shape index (κ1) is 11.7. The Hall–Kier alpha value is -0.350. The van der Waals surface area contributed by atoms with Crippen LogP contribution >= 0.6 is 15.9 Å². The lowest BCUT2D eigenvalue weighted by Gasteiger charge is -2.08. The molecule has 0 bridgehead atoms. The molecule has 0 aliphatic carbocycles. The van der Waals surface area contributed by atoms with E-state index in [9.17, 15) is 0 Å². The Kier molecular flexibility index (Phi) is 5.19. The van der Waals surface area contributed by atoms with Crippen LogP contribution < -0.4 is 0 Å². The third kappa shape index (κ3) is 4.24. The molecule has 4 heteroatoms. The summed E-state index contributed by atoms with van der Waals surface area (Å²) in [6.07, 6.45) is 6.41. The third-order valence-corrected chi connectivity index (χ3v) is 2.62. The van der Waals surface area contributed by atoms with Crippen molar-refractivity contribution in [1.82, 2.24) is 14.7 Å². The van der Waals surface area contributed by atoms with Crippen molar-refractivity contribution in [1.29, 1.82) is 0 Å². The van der Waals surface area contributed by atoms with E-state index in [1.54, 1.807) is 0 Å². The fourth-order valence-electron chi connectivity index (χ4n) is 1.23. The lowest BCUT2D eigenvalue weighted by atomic mass is 10.2. The second kappa shape index (κ2) is 6.19. The van der Waals surface area contributed by atoms with Crippen LogP contribution in [0.3, 0.4) is 0 Å². The van der Waals surface area contributed by atoms with Gasteiger partial charge in [-0.3, -0.25) is 4.68 Å². The molecular formula is C10H18BrN3. The smallest absolute Gasteiger partial charge is 0.0536 e. The van der Waals surface area contributed by atoms with E-state index < -0.39 is 0 Å². The Morgan fingerprint density at radius 2 is 2.29 bits per heavy atom. The fraction of sp³-hybridized carbons (Fsp3) is 0.700. The highest BCUT2D eigenvalue weighted by atomic mass is 79.9. The number of aryl methyl sites for hydroxylation is 1. The van der Waals surface area contributed by atoms with Gasteiger partial charge in [-0.25, -0.2) is 0 Å². The van der Waals surface area contributed by atoms with Gasteiger partial charge >= 0.3 is 0 Å². The van der Waals surface area contributed by atoms with E-state index in [0.717, 1.165) is 24.8 Å². The highest BCUT2D eigenvalue weighted by Gasteiger charge is 1.98. The monoisotopic (exact) mass is 259 g/mol. The Bertz CT molecular complexity index is 258. The molecule has 14 heavy (non-hydrogen) atoms. The van der Waals surface area contributed by atoms with Gasteiger partial charge in [0.2, 0.25) is 0 Å². The maximum absolute atomic E-state index is 4.32. The van der Waals surface area contributed by atoms with Gasteiger partial charge in [-0.1, -0.05) is 15.9 Å². The molecule has 0 saturated carbocycles. The van der Waals surface area contributed by atoms with Crippen molar-refractivity contribution in [3.8, 4) is 0 Å². The van der Waals surface area contributed by atoms with Gasteiger partial charge in [0.25, 0.3) is 0 Å². The molecule has 80 valence electrons. The zero-order valence-corrected chi connectivity index (χ0v) is 10.5. The van der Waals surface area contributed by atoms with Crippen LogP contribution in [0.25, 0.3) is 0 Å². The van der Waals surface area contributed by atoms with Gasteiger partial charge in [0.15, 0.2) is 0 Å². The van der Waals surface area contributed by atoms with Crippen molar-refractivity contribution in [3.63, 3.8) is 0 Å². The molecule has 0 amide bonds. The van der Waals surface area contributed by atoms with E-state index in [0.29, 0.717) is 0 Å². The lowest BCUT2D eigenvalue weighted by Crippen LogP contribution is -2.18.